The van der Waals surface area contributed by atoms with Crippen LogP contribution in [0.4, 0.5) is 0 Å². The number of aliphatic hydroxyl groups excluding tert-OH is 1. The first-order valence-corrected chi connectivity index (χ1v) is 6.74. The van der Waals surface area contributed by atoms with E-state index in [4.69, 9.17) is 0 Å². The van der Waals surface area contributed by atoms with Gasteiger partial charge in [-0.05, 0) is 29.8 Å². The largest absolute Gasteiger partial charge is 0.396 e. The minimum atomic E-state index is -0.0847. The van der Waals surface area contributed by atoms with Crippen LogP contribution in [0.3, 0.4) is 0 Å². The molecule has 0 radical (unpaired) electrons. The lowest BCUT2D eigenvalue weighted by Crippen LogP contribution is -2.32. The number of halogens is 1. The summed E-state index contributed by atoms with van der Waals surface area (Å²) in [4.78, 5) is 0. The molecule has 2 N–H and O–H groups in total. The predicted molar refractivity (Wildman–Crippen MR) is 72.9 cm³/mol. The Labute approximate surface area is 112 Å². The number of hydrogen-bond acceptors (Lipinski definition) is 3. The number of hydrogen-bond donors (Lipinski definition) is 2. The molecule has 4 nitrogen and oxygen atoms in total. The third kappa shape index (κ3) is 3.79. The van der Waals surface area contributed by atoms with Crippen LogP contribution in [0.1, 0.15) is 32.2 Å². The van der Waals surface area contributed by atoms with Gasteiger partial charge in [-0.25, -0.2) is 0 Å². The van der Waals surface area contributed by atoms with Gasteiger partial charge in [0, 0.05) is 31.7 Å². The summed E-state index contributed by atoms with van der Waals surface area (Å²) >= 11 is 3.57. The Balaban J connectivity index is 2.63. The van der Waals surface area contributed by atoms with Crippen molar-refractivity contribution in [1.29, 1.82) is 0 Å². The van der Waals surface area contributed by atoms with Gasteiger partial charge in [0.2, 0.25) is 0 Å². The van der Waals surface area contributed by atoms with Gasteiger partial charge in [0.1, 0.15) is 0 Å². The van der Waals surface area contributed by atoms with Crippen LogP contribution >= 0.6 is 15.9 Å². The van der Waals surface area contributed by atoms with Crippen LogP contribution in [0, 0.1) is 12.3 Å². The van der Waals surface area contributed by atoms with Gasteiger partial charge >= 0.3 is 0 Å². The van der Waals surface area contributed by atoms with Crippen molar-refractivity contribution in [2.75, 3.05) is 13.2 Å². The highest BCUT2D eigenvalue weighted by Crippen LogP contribution is 2.21. The Kier molecular flexibility index (Phi) is 5.16. The fourth-order valence-electron chi connectivity index (χ4n) is 1.61. The number of rotatable bonds is 6. The maximum atomic E-state index is 9.18. The lowest BCUT2D eigenvalue weighted by atomic mass is 9.95. The van der Waals surface area contributed by atoms with E-state index in [0.717, 1.165) is 29.8 Å². The normalized spacial score (nSPS) is 12.1. The highest BCUT2D eigenvalue weighted by atomic mass is 79.9. The van der Waals surface area contributed by atoms with Crippen LogP contribution in [-0.4, -0.2) is 28.0 Å². The van der Waals surface area contributed by atoms with E-state index in [-0.39, 0.29) is 12.0 Å². The second-order valence-electron chi connectivity index (χ2n) is 5.09. The van der Waals surface area contributed by atoms with Gasteiger partial charge in [0.05, 0.1) is 15.9 Å². The van der Waals surface area contributed by atoms with Crippen LogP contribution in [-0.2, 0) is 13.1 Å². The van der Waals surface area contributed by atoms with E-state index in [0.29, 0.717) is 0 Å². The Bertz CT molecular complexity index is 374. The van der Waals surface area contributed by atoms with Crippen molar-refractivity contribution in [2.24, 2.45) is 5.41 Å². The van der Waals surface area contributed by atoms with Gasteiger partial charge in [-0.2, -0.15) is 5.10 Å². The molecule has 0 fully saturated rings. The zero-order valence-corrected chi connectivity index (χ0v) is 12.6. The Hall–Kier alpha value is -0.390. The standard InChI is InChI=1S/C12H22BrN3O/c1-5-16-10(11(13)9(2)15-16)6-14-7-12(3,4)8-17/h14,17H,5-8H2,1-4H3. The second kappa shape index (κ2) is 5.98. The average Bonchev–Trinajstić information content (AvgIpc) is 2.56. The quantitative estimate of drug-likeness (QED) is 0.846. The molecule has 5 heteroatoms. The molecular formula is C12H22BrN3O. The summed E-state index contributed by atoms with van der Waals surface area (Å²) in [5.41, 5.74) is 2.10. The van der Waals surface area contributed by atoms with Crippen LogP contribution in [0.5, 0.6) is 0 Å². The molecule has 1 rings (SSSR count). The van der Waals surface area contributed by atoms with Gasteiger partial charge in [-0.3, -0.25) is 4.68 Å². The van der Waals surface area contributed by atoms with E-state index in [1.807, 2.05) is 25.5 Å². The highest BCUT2D eigenvalue weighted by Gasteiger charge is 2.17. The fourth-order valence-corrected chi connectivity index (χ4v) is 2.04. The van der Waals surface area contributed by atoms with E-state index < -0.39 is 0 Å². The van der Waals surface area contributed by atoms with Crippen LogP contribution in [0.2, 0.25) is 0 Å². The third-order valence-electron chi connectivity index (χ3n) is 2.78. The summed E-state index contributed by atoms with van der Waals surface area (Å²) in [6, 6.07) is 0. The van der Waals surface area contributed by atoms with Crippen molar-refractivity contribution in [1.82, 2.24) is 15.1 Å². The van der Waals surface area contributed by atoms with E-state index >= 15 is 0 Å². The first kappa shape index (κ1) is 14.7. The molecule has 0 bridgehead atoms. The molecule has 0 saturated heterocycles. The maximum absolute atomic E-state index is 9.18. The first-order chi connectivity index (χ1) is 7.91. The highest BCUT2D eigenvalue weighted by molar-refractivity contribution is 9.10. The molecule has 0 aliphatic carbocycles. The molecule has 0 spiro atoms. The van der Waals surface area contributed by atoms with E-state index in [9.17, 15) is 5.11 Å². The molecule has 98 valence electrons. The molecule has 1 heterocycles. The molecule has 0 saturated carbocycles. The van der Waals surface area contributed by atoms with E-state index in [1.165, 1.54) is 5.69 Å². The Morgan fingerprint density at radius 2 is 2.12 bits per heavy atom. The molecule has 0 unspecified atom stereocenters. The van der Waals surface area contributed by atoms with Crippen molar-refractivity contribution in [3.63, 3.8) is 0 Å². The minimum absolute atomic E-state index is 0.0847. The molecule has 0 aromatic carbocycles. The van der Waals surface area contributed by atoms with Crippen molar-refractivity contribution < 1.29 is 5.11 Å². The van der Waals surface area contributed by atoms with Crippen molar-refractivity contribution in [3.8, 4) is 0 Å². The molecule has 1 aromatic rings. The lowest BCUT2D eigenvalue weighted by Gasteiger charge is -2.22. The number of aliphatic hydroxyl groups is 1. The smallest absolute Gasteiger partial charge is 0.0739 e. The molecule has 0 aliphatic rings. The molecule has 0 atom stereocenters. The van der Waals surface area contributed by atoms with Crippen LogP contribution < -0.4 is 5.32 Å². The van der Waals surface area contributed by atoms with Crippen LogP contribution in [0.15, 0.2) is 4.47 Å². The Morgan fingerprint density at radius 3 is 2.65 bits per heavy atom. The molecule has 17 heavy (non-hydrogen) atoms. The van der Waals surface area contributed by atoms with Gasteiger partial charge in [-0.15, -0.1) is 0 Å². The summed E-state index contributed by atoms with van der Waals surface area (Å²) in [5.74, 6) is 0. The summed E-state index contributed by atoms with van der Waals surface area (Å²) in [7, 11) is 0. The summed E-state index contributed by atoms with van der Waals surface area (Å²) in [5, 5.41) is 17.0. The zero-order valence-electron chi connectivity index (χ0n) is 11.0. The number of aryl methyl sites for hydroxylation is 2. The lowest BCUT2D eigenvalue weighted by molar-refractivity contribution is 0.156. The predicted octanol–water partition coefficient (Wildman–Crippen LogP) is 2.08. The molecular weight excluding hydrogens is 282 g/mol. The van der Waals surface area contributed by atoms with Crippen molar-refractivity contribution in [2.45, 2.75) is 40.8 Å². The number of nitrogens with one attached hydrogen (secondary N) is 1. The van der Waals surface area contributed by atoms with Gasteiger partial charge in [0.25, 0.3) is 0 Å². The SMILES string of the molecule is CCn1nc(C)c(Br)c1CNCC(C)(C)CO. The topological polar surface area (TPSA) is 50.1 Å². The molecule has 1 aromatic heterocycles. The van der Waals surface area contributed by atoms with Crippen molar-refractivity contribution >= 4 is 15.9 Å². The monoisotopic (exact) mass is 303 g/mol. The number of aromatic nitrogens is 2. The summed E-state index contributed by atoms with van der Waals surface area (Å²) in [6.07, 6.45) is 0. The van der Waals surface area contributed by atoms with Crippen molar-refractivity contribution in [3.05, 3.63) is 15.9 Å². The fraction of sp³-hybridized carbons (Fsp3) is 0.750. The van der Waals surface area contributed by atoms with E-state index in [1.54, 1.807) is 0 Å². The maximum Gasteiger partial charge on any atom is 0.0739 e. The third-order valence-corrected chi connectivity index (χ3v) is 3.81. The zero-order chi connectivity index (χ0) is 13.1. The minimum Gasteiger partial charge on any atom is -0.396 e. The average molecular weight is 304 g/mol. The second-order valence-corrected chi connectivity index (χ2v) is 5.88. The molecule has 0 amide bonds. The van der Waals surface area contributed by atoms with Gasteiger partial charge in [-0.1, -0.05) is 13.8 Å². The van der Waals surface area contributed by atoms with E-state index in [2.05, 4.69) is 33.3 Å². The number of nitrogens with zero attached hydrogens (tertiary/aromatic N) is 2. The summed E-state index contributed by atoms with van der Waals surface area (Å²) < 4.78 is 3.08. The summed E-state index contributed by atoms with van der Waals surface area (Å²) in [6.45, 7) is 10.8. The van der Waals surface area contributed by atoms with Crippen LogP contribution in [0.25, 0.3) is 0 Å². The van der Waals surface area contributed by atoms with Gasteiger partial charge in [0.15, 0.2) is 0 Å². The molecule has 0 aliphatic heterocycles. The van der Waals surface area contributed by atoms with Gasteiger partial charge < -0.3 is 10.4 Å². The Morgan fingerprint density at radius 1 is 1.47 bits per heavy atom. The first-order valence-electron chi connectivity index (χ1n) is 5.94.